The lowest BCUT2D eigenvalue weighted by Crippen LogP contribution is -2.61. The molecule has 0 fully saturated rings. The smallest absolute Gasteiger partial charge is 0.460 e. The van der Waals surface area contributed by atoms with E-state index in [4.69, 9.17) is 4.74 Å². The number of ether oxygens (including phenoxy) is 2. The maximum Gasteiger partial charge on any atom is 0.460 e. The molecule has 1 aromatic carbocycles. The highest BCUT2D eigenvalue weighted by Crippen LogP contribution is 2.54. The number of aromatic carboxylic acids is 1. The number of hydrogen-bond donors (Lipinski definition) is 0. The fourth-order valence-corrected chi connectivity index (χ4v) is 2.07. The number of esters is 1. The van der Waals surface area contributed by atoms with Crippen LogP contribution in [-0.2, 0) is 9.53 Å². The van der Waals surface area contributed by atoms with Crippen molar-refractivity contribution in [3.8, 4) is 5.75 Å². The van der Waals surface area contributed by atoms with Crippen LogP contribution in [0, 0.1) is 0 Å². The first-order valence-electron chi connectivity index (χ1n) is 7.74. The lowest BCUT2D eigenvalue weighted by molar-refractivity contribution is -0.398. The molecule has 0 aliphatic carbocycles. The first-order chi connectivity index (χ1) is 13.4. The van der Waals surface area contributed by atoms with E-state index in [1.54, 1.807) is 0 Å². The van der Waals surface area contributed by atoms with Gasteiger partial charge in [-0.15, -0.1) is 0 Å². The first kappa shape index (κ1) is 25.4. The van der Waals surface area contributed by atoms with Crippen molar-refractivity contribution in [2.45, 2.75) is 43.4 Å². The predicted octanol–water partition coefficient (Wildman–Crippen LogP) is 3.22. The zero-order valence-electron chi connectivity index (χ0n) is 14.7. The van der Waals surface area contributed by atoms with Crippen LogP contribution in [0.25, 0.3) is 0 Å². The number of benzene rings is 1. The lowest BCUT2D eigenvalue weighted by atomic mass is 9.98. The van der Waals surface area contributed by atoms with Crippen LogP contribution in [0.1, 0.15) is 23.7 Å². The summed E-state index contributed by atoms with van der Waals surface area (Å²) in [6.07, 6.45) is -11.8. The number of carboxylic acids is 1. The third kappa shape index (κ3) is 5.48. The molecule has 170 valence electrons. The molecule has 0 saturated heterocycles. The molecular weight excluding hydrogens is 443 g/mol. The largest absolute Gasteiger partial charge is 0.545 e. The van der Waals surface area contributed by atoms with Crippen LogP contribution in [0.3, 0.4) is 0 Å². The molecule has 5 nitrogen and oxygen atoms in total. The maximum absolute atomic E-state index is 13.7. The Balaban J connectivity index is 3.02. The van der Waals surface area contributed by atoms with Crippen molar-refractivity contribution in [3.05, 3.63) is 29.8 Å². The van der Waals surface area contributed by atoms with E-state index in [-0.39, 0.29) is 11.3 Å². The second-order valence-electron chi connectivity index (χ2n) is 5.91. The maximum atomic E-state index is 13.7. The fourth-order valence-electron chi connectivity index (χ4n) is 2.07. The quantitative estimate of drug-likeness (QED) is 0.422. The molecule has 0 saturated carbocycles. The molecule has 1 rings (SSSR count). The predicted molar refractivity (Wildman–Crippen MR) is 77.3 cm³/mol. The van der Waals surface area contributed by atoms with Crippen LogP contribution in [0.5, 0.6) is 5.75 Å². The van der Waals surface area contributed by atoms with Crippen molar-refractivity contribution < 1.29 is 63.7 Å². The zero-order valence-corrected chi connectivity index (χ0v) is 14.7. The molecule has 0 heterocycles. The number of carboxylic acid groups (broad SMARTS) is 1. The van der Waals surface area contributed by atoms with Crippen LogP contribution >= 0.6 is 0 Å². The number of halogens is 9. The molecule has 1 unspecified atom stereocenters. The monoisotopic (exact) mass is 455 g/mol. The SMILES string of the molecule is CC(=O)OC(COc1ccc(C(=O)[O-])cc1)CC(F)(F)C(F)(F)C(F)(F)C(F)(F)F. The molecule has 0 amide bonds. The van der Waals surface area contributed by atoms with Gasteiger partial charge in [-0.25, -0.2) is 0 Å². The van der Waals surface area contributed by atoms with E-state index in [2.05, 4.69) is 4.74 Å². The molecule has 0 aliphatic rings. The van der Waals surface area contributed by atoms with Gasteiger partial charge in [-0.05, 0) is 29.8 Å². The average molecular weight is 455 g/mol. The molecule has 1 aromatic rings. The summed E-state index contributed by atoms with van der Waals surface area (Å²) >= 11 is 0. The molecule has 0 aromatic heterocycles. The van der Waals surface area contributed by atoms with Crippen LogP contribution < -0.4 is 9.84 Å². The summed E-state index contributed by atoms with van der Waals surface area (Å²) in [4.78, 5) is 21.6. The minimum absolute atomic E-state index is 0.243. The molecule has 0 aliphatic heterocycles. The molecular formula is C16H12F9O5-. The summed E-state index contributed by atoms with van der Waals surface area (Å²) in [5, 5.41) is 10.6. The van der Waals surface area contributed by atoms with Crippen LogP contribution in [-0.4, -0.2) is 48.6 Å². The van der Waals surface area contributed by atoms with Crippen molar-refractivity contribution in [1.29, 1.82) is 0 Å². The second-order valence-corrected chi connectivity index (χ2v) is 5.91. The van der Waals surface area contributed by atoms with Gasteiger partial charge >= 0.3 is 29.9 Å². The molecule has 0 spiro atoms. The van der Waals surface area contributed by atoms with Gasteiger partial charge in [0, 0.05) is 6.92 Å². The van der Waals surface area contributed by atoms with Gasteiger partial charge in [-0.3, -0.25) is 4.79 Å². The number of carbonyl (C=O) groups is 2. The van der Waals surface area contributed by atoms with Gasteiger partial charge in [0.2, 0.25) is 0 Å². The average Bonchev–Trinajstić information content (AvgIpc) is 2.58. The summed E-state index contributed by atoms with van der Waals surface area (Å²) in [7, 11) is 0. The van der Waals surface area contributed by atoms with Crippen molar-refractivity contribution in [2.24, 2.45) is 0 Å². The van der Waals surface area contributed by atoms with Crippen molar-refractivity contribution in [2.75, 3.05) is 6.61 Å². The summed E-state index contributed by atoms with van der Waals surface area (Å²) in [6.45, 7) is -0.504. The Hall–Kier alpha value is -2.67. The van der Waals surface area contributed by atoms with Gasteiger partial charge in [0.15, 0.2) is 0 Å². The van der Waals surface area contributed by atoms with Gasteiger partial charge in [-0.2, -0.15) is 39.5 Å². The van der Waals surface area contributed by atoms with Crippen LogP contribution in [0.4, 0.5) is 39.5 Å². The third-order valence-corrected chi connectivity index (χ3v) is 3.55. The Morgan fingerprint density at radius 2 is 1.43 bits per heavy atom. The number of hydrogen-bond acceptors (Lipinski definition) is 5. The molecule has 0 radical (unpaired) electrons. The van der Waals surface area contributed by atoms with E-state index in [9.17, 15) is 54.2 Å². The minimum Gasteiger partial charge on any atom is -0.545 e. The summed E-state index contributed by atoms with van der Waals surface area (Å²) in [5.74, 6) is -23.1. The van der Waals surface area contributed by atoms with E-state index < -0.39 is 55.0 Å². The Morgan fingerprint density at radius 1 is 0.933 bits per heavy atom. The van der Waals surface area contributed by atoms with Crippen LogP contribution in [0.15, 0.2) is 24.3 Å². The van der Waals surface area contributed by atoms with E-state index in [0.29, 0.717) is 6.92 Å². The van der Waals surface area contributed by atoms with E-state index in [1.165, 1.54) is 0 Å². The van der Waals surface area contributed by atoms with Gasteiger partial charge < -0.3 is 19.4 Å². The van der Waals surface area contributed by atoms with Crippen molar-refractivity contribution in [1.82, 2.24) is 0 Å². The Kier molecular flexibility index (Phi) is 7.27. The van der Waals surface area contributed by atoms with Crippen LogP contribution in [0.2, 0.25) is 0 Å². The van der Waals surface area contributed by atoms with E-state index in [1.807, 2.05) is 0 Å². The van der Waals surface area contributed by atoms with Gasteiger partial charge in [0.05, 0.1) is 12.4 Å². The number of alkyl halides is 9. The standard InChI is InChI=1S/C16H13F9O5/c1-8(26)30-11(7-29-10-4-2-9(3-5-10)12(27)28)6-13(17,18)14(19,20)15(21,22)16(23,24)25/h2-5,11H,6-7H2,1H3,(H,27,28)/p-1. The number of carbonyl (C=O) groups excluding carboxylic acids is 2. The molecule has 14 heteroatoms. The Bertz CT molecular complexity index is 759. The van der Waals surface area contributed by atoms with Gasteiger partial charge in [-0.1, -0.05) is 0 Å². The van der Waals surface area contributed by atoms with Crippen molar-refractivity contribution in [3.63, 3.8) is 0 Å². The van der Waals surface area contributed by atoms with Gasteiger partial charge in [0.25, 0.3) is 0 Å². The molecule has 30 heavy (non-hydrogen) atoms. The summed E-state index contributed by atoms with van der Waals surface area (Å²) in [6, 6.07) is 3.83. The topological polar surface area (TPSA) is 75.7 Å². The van der Waals surface area contributed by atoms with Crippen molar-refractivity contribution >= 4 is 11.9 Å². The Morgan fingerprint density at radius 3 is 1.83 bits per heavy atom. The first-order valence-corrected chi connectivity index (χ1v) is 7.74. The van der Waals surface area contributed by atoms with E-state index >= 15 is 0 Å². The third-order valence-electron chi connectivity index (χ3n) is 3.55. The normalized spacial score (nSPS) is 14.2. The highest BCUT2D eigenvalue weighted by Gasteiger charge is 2.81. The minimum atomic E-state index is -7.08. The van der Waals surface area contributed by atoms with E-state index in [0.717, 1.165) is 24.3 Å². The second kappa shape index (κ2) is 8.60. The molecule has 1 atom stereocenters. The van der Waals surface area contributed by atoms with Gasteiger partial charge in [0.1, 0.15) is 18.5 Å². The lowest BCUT2D eigenvalue weighted by Gasteiger charge is -2.35. The number of rotatable bonds is 9. The highest BCUT2D eigenvalue weighted by molar-refractivity contribution is 5.85. The summed E-state index contributed by atoms with van der Waals surface area (Å²) in [5.41, 5.74) is -0.320. The molecule has 0 bridgehead atoms. The highest BCUT2D eigenvalue weighted by atomic mass is 19.4. The fraction of sp³-hybridized carbons (Fsp3) is 0.500. The Labute approximate surface area is 162 Å². The summed E-state index contributed by atoms with van der Waals surface area (Å²) < 4.78 is 126. The zero-order chi connectivity index (χ0) is 23.5. The molecule has 0 N–H and O–H groups in total.